The van der Waals surface area contributed by atoms with Crippen LogP contribution >= 0.6 is 0 Å². The third-order valence-corrected chi connectivity index (χ3v) is 9.86. The molecule has 4 heteroatoms. The number of fused-ring (bicyclic) bond motifs is 5. The lowest BCUT2D eigenvalue weighted by atomic mass is 9.44. The highest BCUT2D eigenvalue weighted by Gasteiger charge is 2.63. The van der Waals surface area contributed by atoms with E-state index in [4.69, 9.17) is 5.11 Å². The first-order valence-electron chi connectivity index (χ1n) is 11.4. The van der Waals surface area contributed by atoms with Crippen LogP contribution in [-0.2, 0) is 14.4 Å². The first kappa shape index (κ1) is 20.1. The molecule has 4 rings (SSSR count). The molecule has 4 aliphatic carbocycles. The molecule has 4 aliphatic rings. The number of Topliss-reactive ketones (excluding diaryl/α,β-unsaturated/α-hetero) is 2. The zero-order valence-corrected chi connectivity index (χ0v) is 17.7. The van der Waals surface area contributed by atoms with Gasteiger partial charge in [0.2, 0.25) is 0 Å². The van der Waals surface area contributed by atoms with Gasteiger partial charge in [0.1, 0.15) is 11.6 Å². The van der Waals surface area contributed by atoms with Crippen LogP contribution in [0.4, 0.5) is 0 Å². The van der Waals surface area contributed by atoms with Crippen molar-refractivity contribution in [3.05, 3.63) is 0 Å². The maximum Gasteiger partial charge on any atom is 0.303 e. The van der Waals surface area contributed by atoms with Gasteiger partial charge >= 0.3 is 5.97 Å². The van der Waals surface area contributed by atoms with E-state index in [0.717, 1.165) is 38.5 Å². The molecule has 28 heavy (non-hydrogen) atoms. The molecule has 0 radical (unpaired) electrons. The molecule has 0 aromatic heterocycles. The van der Waals surface area contributed by atoms with Gasteiger partial charge in [-0.3, -0.25) is 14.4 Å². The Morgan fingerprint density at radius 1 is 1.07 bits per heavy atom. The van der Waals surface area contributed by atoms with Gasteiger partial charge in [-0.25, -0.2) is 0 Å². The highest BCUT2D eigenvalue weighted by molar-refractivity contribution is 5.86. The van der Waals surface area contributed by atoms with E-state index in [9.17, 15) is 14.4 Å². The quantitative estimate of drug-likeness (QED) is 0.744. The fourth-order valence-electron chi connectivity index (χ4n) is 8.25. The van der Waals surface area contributed by atoms with E-state index >= 15 is 0 Å². The van der Waals surface area contributed by atoms with Crippen molar-refractivity contribution in [2.24, 2.45) is 46.3 Å². The van der Waals surface area contributed by atoms with Crippen molar-refractivity contribution >= 4 is 17.5 Å². The van der Waals surface area contributed by atoms with E-state index in [2.05, 4.69) is 20.8 Å². The van der Waals surface area contributed by atoms with Crippen LogP contribution in [0, 0.1) is 46.3 Å². The second kappa shape index (κ2) is 6.95. The number of hydrogen-bond acceptors (Lipinski definition) is 3. The number of carbonyl (C=O) groups excluding carboxylic acids is 2. The molecule has 8 atom stereocenters. The predicted octanol–water partition coefficient (Wildman–Crippen LogP) is 4.89. The smallest absolute Gasteiger partial charge is 0.303 e. The van der Waals surface area contributed by atoms with Gasteiger partial charge in [-0.2, -0.15) is 0 Å². The number of carboxylic acid groups (broad SMARTS) is 1. The minimum atomic E-state index is -0.705. The molecule has 4 nitrogen and oxygen atoms in total. The molecule has 0 spiro atoms. The summed E-state index contributed by atoms with van der Waals surface area (Å²) in [6.45, 7) is 6.99. The Morgan fingerprint density at radius 3 is 2.50 bits per heavy atom. The summed E-state index contributed by atoms with van der Waals surface area (Å²) in [5.74, 6) is 2.33. The molecule has 0 bridgehead atoms. The monoisotopic (exact) mass is 388 g/mol. The average Bonchev–Trinajstić information content (AvgIpc) is 2.98. The van der Waals surface area contributed by atoms with E-state index in [1.54, 1.807) is 0 Å². The van der Waals surface area contributed by atoms with Gasteiger partial charge in [-0.15, -0.1) is 0 Å². The standard InChI is InChI=1S/C24H36O4/c1-14(4-7-21(27)28)17-5-6-18-22-19(9-11-24(17,18)3)23(2)10-8-16(25)12-15(23)13-20(22)26/h14-15,17-19,22H,4-13H2,1-3H3,(H,27,28)/t14-,15?,17-,18?,19?,22?,23+,24-/m1/s1. The van der Waals surface area contributed by atoms with Crippen molar-refractivity contribution in [3.8, 4) is 0 Å². The molecule has 0 aromatic rings. The maximum absolute atomic E-state index is 13.3. The number of ketones is 2. The van der Waals surface area contributed by atoms with Crippen molar-refractivity contribution in [3.63, 3.8) is 0 Å². The highest BCUT2D eigenvalue weighted by Crippen LogP contribution is 2.67. The Balaban J connectivity index is 1.57. The topological polar surface area (TPSA) is 71.4 Å². The van der Waals surface area contributed by atoms with Crippen molar-refractivity contribution in [1.29, 1.82) is 0 Å². The Hall–Kier alpha value is -1.19. The second-order valence-corrected chi connectivity index (χ2v) is 11.0. The normalized spacial score (nSPS) is 46.5. The molecule has 4 unspecified atom stereocenters. The molecule has 0 aliphatic heterocycles. The van der Waals surface area contributed by atoms with E-state index in [0.29, 0.717) is 54.5 Å². The second-order valence-electron chi connectivity index (χ2n) is 11.0. The molecule has 4 fully saturated rings. The lowest BCUT2D eigenvalue weighted by Crippen LogP contribution is -2.57. The number of aliphatic carboxylic acids is 1. The molecule has 0 aromatic carbocycles. The third-order valence-electron chi connectivity index (χ3n) is 9.86. The van der Waals surface area contributed by atoms with E-state index < -0.39 is 5.97 Å². The predicted molar refractivity (Wildman–Crippen MR) is 107 cm³/mol. The summed E-state index contributed by atoms with van der Waals surface area (Å²) in [5, 5.41) is 9.08. The Kier molecular flexibility index (Phi) is 4.99. The van der Waals surface area contributed by atoms with Crippen molar-refractivity contribution in [1.82, 2.24) is 0 Å². The lowest BCUT2D eigenvalue weighted by Gasteiger charge is -2.59. The van der Waals surface area contributed by atoms with Crippen LogP contribution in [0.5, 0.6) is 0 Å². The van der Waals surface area contributed by atoms with Gasteiger partial charge in [-0.1, -0.05) is 20.8 Å². The van der Waals surface area contributed by atoms with Crippen LogP contribution in [0.1, 0.15) is 85.0 Å². The average molecular weight is 389 g/mol. The summed E-state index contributed by atoms with van der Waals surface area (Å²) in [6, 6.07) is 0. The molecule has 4 saturated carbocycles. The van der Waals surface area contributed by atoms with Crippen LogP contribution in [0.25, 0.3) is 0 Å². The molecule has 0 amide bonds. The van der Waals surface area contributed by atoms with Crippen LogP contribution in [0.2, 0.25) is 0 Å². The summed E-state index contributed by atoms with van der Waals surface area (Å²) < 4.78 is 0. The zero-order chi connectivity index (χ0) is 20.3. The fraction of sp³-hybridized carbons (Fsp3) is 0.875. The summed E-state index contributed by atoms with van der Waals surface area (Å²) >= 11 is 0. The minimum absolute atomic E-state index is 0.154. The minimum Gasteiger partial charge on any atom is -0.481 e. The SMILES string of the molecule is C[C@H](CCC(=O)O)[C@H]1CCC2C3C(=O)CC4CC(=O)CC[C@]4(C)C3CC[C@@]21C. The Labute approximate surface area is 168 Å². The van der Waals surface area contributed by atoms with Gasteiger partial charge in [0.25, 0.3) is 0 Å². The van der Waals surface area contributed by atoms with Crippen LogP contribution in [0.3, 0.4) is 0 Å². The molecule has 1 N–H and O–H groups in total. The molecule has 0 saturated heterocycles. The number of carboxylic acids is 1. The summed E-state index contributed by atoms with van der Waals surface area (Å²) in [5.41, 5.74) is 0.323. The van der Waals surface area contributed by atoms with Gasteiger partial charge in [-0.05, 0) is 78.9 Å². The van der Waals surface area contributed by atoms with Gasteiger partial charge in [0, 0.05) is 31.6 Å². The molecular formula is C24H36O4. The number of hydrogen-bond donors (Lipinski definition) is 1. The Bertz CT molecular complexity index is 684. The zero-order valence-electron chi connectivity index (χ0n) is 17.7. The first-order chi connectivity index (χ1) is 13.2. The summed E-state index contributed by atoms with van der Waals surface area (Å²) in [7, 11) is 0. The first-order valence-corrected chi connectivity index (χ1v) is 11.4. The number of rotatable bonds is 4. The van der Waals surface area contributed by atoms with Crippen molar-refractivity contribution < 1.29 is 19.5 Å². The lowest BCUT2D eigenvalue weighted by molar-refractivity contribution is -0.159. The fourth-order valence-corrected chi connectivity index (χ4v) is 8.25. The van der Waals surface area contributed by atoms with Crippen LogP contribution < -0.4 is 0 Å². The van der Waals surface area contributed by atoms with Gasteiger partial charge < -0.3 is 5.11 Å². The highest BCUT2D eigenvalue weighted by atomic mass is 16.4. The largest absolute Gasteiger partial charge is 0.481 e. The van der Waals surface area contributed by atoms with Crippen molar-refractivity contribution in [2.45, 2.75) is 85.0 Å². The van der Waals surface area contributed by atoms with Crippen LogP contribution in [-0.4, -0.2) is 22.6 Å². The summed E-state index contributed by atoms with van der Waals surface area (Å²) in [6.07, 6.45) is 8.38. The number of carbonyl (C=O) groups is 3. The summed E-state index contributed by atoms with van der Waals surface area (Å²) in [4.78, 5) is 36.4. The van der Waals surface area contributed by atoms with Gasteiger partial charge in [0.15, 0.2) is 0 Å². The molecule has 156 valence electrons. The molecular weight excluding hydrogens is 352 g/mol. The van der Waals surface area contributed by atoms with Crippen molar-refractivity contribution in [2.75, 3.05) is 0 Å². The Morgan fingerprint density at radius 2 is 1.79 bits per heavy atom. The van der Waals surface area contributed by atoms with E-state index in [-0.39, 0.29) is 29.1 Å². The third kappa shape index (κ3) is 2.97. The van der Waals surface area contributed by atoms with E-state index in [1.807, 2.05) is 0 Å². The van der Waals surface area contributed by atoms with E-state index in [1.165, 1.54) is 0 Å². The molecule has 0 heterocycles. The maximum atomic E-state index is 13.3. The van der Waals surface area contributed by atoms with Crippen LogP contribution in [0.15, 0.2) is 0 Å². The van der Waals surface area contributed by atoms with Gasteiger partial charge in [0.05, 0.1) is 0 Å².